The van der Waals surface area contributed by atoms with Crippen molar-refractivity contribution >= 4 is 91.7 Å². The van der Waals surface area contributed by atoms with Gasteiger partial charge >= 0.3 is 0 Å². The van der Waals surface area contributed by atoms with E-state index in [2.05, 4.69) is 196 Å². The number of aromatic amines is 4. The number of halogens is 2. The Bertz CT molecular complexity index is 3670. The van der Waals surface area contributed by atoms with Gasteiger partial charge in [0.05, 0.1) is 114 Å². The first-order valence-corrected chi connectivity index (χ1v) is 26.0. The van der Waals surface area contributed by atoms with Gasteiger partial charge in [0, 0.05) is 68.1 Å². The minimum Gasteiger partial charge on any atom is -1.00 e. The number of nitrogens with one attached hydrogen (secondary N) is 4. The summed E-state index contributed by atoms with van der Waals surface area (Å²) in [7, 11) is 13.2. The van der Waals surface area contributed by atoms with Crippen molar-refractivity contribution in [2.75, 3.05) is 68.6 Å². The van der Waals surface area contributed by atoms with Crippen LogP contribution in [0.1, 0.15) is 69.5 Å². The second kappa shape index (κ2) is 23.5. The van der Waals surface area contributed by atoms with Gasteiger partial charge in [-0.15, -0.1) is 0 Å². The molecule has 12 rings (SSSR count). The SMILES string of the molecule is C[N+](C)(C)CCCOc1ccc(C2=Cc3cc4ccc(cc5ccc(cc6nc(cc2n3)C=C6)[nH]5)[nH]4)cc1.C[N+](C)(C)CCCOc1ccc(C2=Cc3cc4ccc(cc5ccc(cc6nc(cc2n3)C=C6)[nH]5)[nH]4)cc1.[Cl-].[Cl-]. The molecule has 16 bridgehead atoms. The fourth-order valence-corrected chi connectivity index (χ4v) is 9.41. The molecule has 0 unspecified atom stereocenters. The molecule has 0 aliphatic carbocycles. The molecule has 12 nitrogen and oxygen atoms in total. The lowest BCUT2D eigenvalue weighted by atomic mass is 10.0. The number of nitrogens with zero attached hydrogens (tertiary/aromatic N) is 6. The van der Waals surface area contributed by atoms with Gasteiger partial charge in [-0.1, -0.05) is 24.3 Å². The van der Waals surface area contributed by atoms with Gasteiger partial charge in [-0.25, -0.2) is 19.9 Å². The fraction of sp³-hybridized carbons (Fsp3) is 0.188. The molecule has 4 aliphatic rings. The molecule has 0 spiro atoms. The Balaban J connectivity index is 0.000000185. The maximum Gasteiger partial charge on any atom is 0.119 e. The van der Waals surface area contributed by atoms with Crippen LogP contribution >= 0.6 is 0 Å². The van der Waals surface area contributed by atoms with Crippen LogP contribution in [0.5, 0.6) is 11.5 Å². The van der Waals surface area contributed by atoms with Gasteiger partial charge in [0.25, 0.3) is 0 Å². The van der Waals surface area contributed by atoms with Crippen molar-refractivity contribution in [1.82, 2.24) is 39.9 Å². The zero-order valence-corrected chi connectivity index (χ0v) is 46.3. The van der Waals surface area contributed by atoms with Crippen molar-refractivity contribution in [3.05, 3.63) is 202 Å². The highest BCUT2D eigenvalue weighted by Crippen LogP contribution is 2.32. The summed E-state index contributed by atoms with van der Waals surface area (Å²) in [5.41, 5.74) is 19.6. The van der Waals surface area contributed by atoms with Crippen LogP contribution in [0.25, 0.3) is 91.7 Å². The van der Waals surface area contributed by atoms with E-state index >= 15 is 0 Å². The molecule has 14 heteroatoms. The summed E-state index contributed by atoms with van der Waals surface area (Å²) in [5, 5.41) is 0. The zero-order valence-electron chi connectivity index (χ0n) is 44.8. The van der Waals surface area contributed by atoms with Crippen molar-refractivity contribution in [3.63, 3.8) is 0 Å². The average Bonchev–Trinajstić information content (AvgIpc) is 4.26. The van der Waals surface area contributed by atoms with E-state index in [-0.39, 0.29) is 24.8 Å². The minimum absolute atomic E-state index is 0. The molecule has 0 radical (unpaired) electrons. The first kappa shape index (κ1) is 54.5. The minimum atomic E-state index is 0. The monoisotopic (exact) mass is 1070 g/mol. The van der Waals surface area contributed by atoms with Crippen molar-refractivity contribution in [2.45, 2.75) is 12.8 Å². The molecule has 2 aromatic carbocycles. The second-order valence-corrected chi connectivity index (χ2v) is 21.7. The van der Waals surface area contributed by atoms with Crippen LogP contribution in [0.15, 0.2) is 146 Å². The molecule has 0 saturated heterocycles. The number of fused-ring (bicyclic) bond motifs is 16. The summed E-state index contributed by atoms with van der Waals surface area (Å²) in [4.78, 5) is 33.4. The molecule has 4 N–H and O–H groups in total. The number of H-pyrrole nitrogens is 4. The first-order chi connectivity index (χ1) is 36.7. The van der Waals surface area contributed by atoms with Crippen LogP contribution in [0.3, 0.4) is 0 Å². The summed E-state index contributed by atoms with van der Waals surface area (Å²) >= 11 is 0. The van der Waals surface area contributed by atoms with Crippen molar-refractivity contribution in [3.8, 4) is 11.5 Å². The molecule has 10 heterocycles. The Kier molecular flexibility index (Phi) is 16.5. The largest absolute Gasteiger partial charge is 1.00 e. The van der Waals surface area contributed by atoms with Gasteiger partial charge in [-0.05, 0) is 169 Å². The number of aromatic nitrogens is 8. The summed E-state index contributed by atoms with van der Waals surface area (Å²) < 4.78 is 13.9. The quantitative estimate of drug-likeness (QED) is 0.0763. The predicted molar refractivity (Wildman–Crippen MR) is 313 cm³/mol. The van der Waals surface area contributed by atoms with E-state index in [0.29, 0.717) is 13.2 Å². The third kappa shape index (κ3) is 14.2. The third-order valence-electron chi connectivity index (χ3n) is 13.1. The van der Waals surface area contributed by atoms with Crippen LogP contribution in [0.2, 0.25) is 0 Å². The molecular weight excluding hydrogens is 1010 g/mol. The molecule has 78 heavy (non-hydrogen) atoms. The van der Waals surface area contributed by atoms with Crippen LogP contribution in [0, 0.1) is 0 Å². The normalized spacial score (nSPS) is 12.6. The molecule has 8 aromatic rings. The van der Waals surface area contributed by atoms with Crippen LogP contribution in [-0.4, -0.2) is 117 Å². The van der Waals surface area contributed by atoms with E-state index in [4.69, 9.17) is 29.4 Å². The number of quaternary nitrogens is 2. The van der Waals surface area contributed by atoms with Gasteiger partial charge in [-0.2, -0.15) is 0 Å². The van der Waals surface area contributed by atoms with Crippen LogP contribution < -0.4 is 34.3 Å². The molecule has 0 atom stereocenters. The van der Waals surface area contributed by atoms with E-state index in [1.807, 2.05) is 48.6 Å². The third-order valence-corrected chi connectivity index (χ3v) is 13.1. The number of hydrogen-bond acceptors (Lipinski definition) is 6. The van der Waals surface area contributed by atoms with Crippen LogP contribution in [-0.2, 0) is 0 Å². The van der Waals surface area contributed by atoms with Gasteiger partial charge in [0.2, 0.25) is 0 Å². The van der Waals surface area contributed by atoms with Gasteiger partial charge in [0.15, 0.2) is 0 Å². The lowest BCUT2D eigenvalue weighted by Gasteiger charge is -2.23. The van der Waals surface area contributed by atoms with Crippen molar-refractivity contribution < 1.29 is 43.3 Å². The van der Waals surface area contributed by atoms with E-state index < -0.39 is 0 Å². The Hall–Kier alpha value is -8.26. The summed E-state index contributed by atoms with van der Waals surface area (Å²) in [6.07, 6.45) is 14.4. The second-order valence-electron chi connectivity index (χ2n) is 21.7. The standard InChI is InChI=1S/2C32H32N5O.2ClH/c2*1-37(2,3)15-4-16-38-30-13-5-22(6-14-30)31-20-29-19-27-10-9-25(34-27)17-23-7-8-24(33-23)18-26-11-12-28(35-26)21-32(31)36-29;;/h2*5-14,17-21,33-34H,4,15-16H2,1-3H3;2*1H/q2*+1;;/p-2. The maximum atomic E-state index is 5.99. The highest BCUT2D eigenvalue weighted by Gasteiger charge is 2.17. The lowest BCUT2D eigenvalue weighted by Crippen LogP contribution is -3.00. The predicted octanol–water partition coefficient (Wildman–Crippen LogP) is 7.11. The number of hydrogen-bond donors (Lipinski definition) is 4. The number of benzene rings is 2. The van der Waals surface area contributed by atoms with E-state index in [0.717, 1.165) is 158 Å². The molecule has 0 amide bonds. The van der Waals surface area contributed by atoms with Gasteiger partial charge in [-0.3, -0.25) is 0 Å². The summed E-state index contributed by atoms with van der Waals surface area (Å²) in [5.74, 6) is 1.77. The number of rotatable bonds is 12. The van der Waals surface area contributed by atoms with Crippen molar-refractivity contribution in [2.24, 2.45) is 0 Å². The molecule has 396 valence electrons. The molecular formula is C64H64Cl2N10O2. The smallest absolute Gasteiger partial charge is 0.119 e. The number of ether oxygens (including phenoxy) is 2. The topological polar surface area (TPSA) is 133 Å². The Labute approximate surface area is 467 Å². The molecule has 0 fully saturated rings. The summed E-state index contributed by atoms with van der Waals surface area (Å²) in [6, 6.07) is 49.8. The highest BCUT2D eigenvalue weighted by atomic mass is 35.5. The highest BCUT2D eigenvalue weighted by molar-refractivity contribution is 5.94. The van der Waals surface area contributed by atoms with Crippen LogP contribution in [0.4, 0.5) is 0 Å². The van der Waals surface area contributed by atoms with E-state index in [1.165, 1.54) is 0 Å². The Morgan fingerprint density at radius 2 is 0.641 bits per heavy atom. The summed E-state index contributed by atoms with van der Waals surface area (Å²) in [6.45, 7) is 3.59. The Morgan fingerprint density at radius 3 is 0.962 bits per heavy atom. The van der Waals surface area contributed by atoms with Crippen molar-refractivity contribution in [1.29, 1.82) is 0 Å². The zero-order chi connectivity index (χ0) is 52.2. The average molecular weight is 1080 g/mol. The molecule has 0 saturated carbocycles. The van der Waals surface area contributed by atoms with Gasteiger partial charge in [0.1, 0.15) is 11.5 Å². The lowest BCUT2D eigenvalue weighted by molar-refractivity contribution is -0.870. The van der Waals surface area contributed by atoms with E-state index in [9.17, 15) is 0 Å². The molecule has 4 aliphatic heterocycles. The molecule has 6 aromatic heterocycles. The first-order valence-electron chi connectivity index (χ1n) is 26.0. The maximum absolute atomic E-state index is 5.99. The Morgan fingerprint density at radius 1 is 0.346 bits per heavy atom. The fourth-order valence-electron chi connectivity index (χ4n) is 9.41. The van der Waals surface area contributed by atoms with E-state index in [1.54, 1.807) is 0 Å². The van der Waals surface area contributed by atoms with Gasteiger partial charge < -0.3 is 63.2 Å².